The van der Waals surface area contributed by atoms with Crippen molar-refractivity contribution in [2.45, 2.75) is 51.5 Å². The normalized spacial score (nSPS) is 16.3. The van der Waals surface area contributed by atoms with Crippen molar-refractivity contribution in [3.8, 4) is 10.6 Å². The van der Waals surface area contributed by atoms with Crippen molar-refractivity contribution < 1.29 is 18.7 Å². The van der Waals surface area contributed by atoms with Crippen molar-refractivity contribution in [2.24, 2.45) is 0 Å². The number of benzene rings is 1. The number of allylic oxidation sites excluding steroid dienone is 2. The van der Waals surface area contributed by atoms with E-state index in [1.54, 1.807) is 19.1 Å². The third-order valence-electron chi connectivity index (χ3n) is 5.16. The summed E-state index contributed by atoms with van der Waals surface area (Å²) in [4.78, 5) is 31.9. The summed E-state index contributed by atoms with van der Waals surface area (Å²) in [5.41, 5.74) is 2.35. The zero-order valence-electron chi connectivity index (χ0n) is 16.3. The van der Waals surface area contributed by atoms with Gasteiger partial charge in [0.15, 0.2) is 6.61 Å². The number of hydrogen-bond acceptors (Lipinski definition) is 5. The third kappa shape index (κ3) is 4.56. The number of aromatic nitrogens is 1. The number of aryl methyl sites for hydroxylation is 1. The van der Waals surface area contributed by atoms with Gasteiger partial charge in [0.05, 0.1) is 5.69 Å². The molecule has 5 nitrogen and oxygen atoms in total. The number of carbonyl (C=O) groups is 2. The van der Waals surface area contributed by atoms with Gasteiger partial charge in [-0.1, -0.05) is 6.08 Å². The summed E-state index contributed by atoms with van der Waals surface area (Å²) in [6.07, 6.45) is 8.31. The lowest BCUT2D eigenvalue weighted by molar-refractivity contribution is -0.133. The van der Waals surface area contributed by atoms with E-state index in [2.05, 4.69) is 11.1 Å². The first-order chi connectivity index (χ1) is 14.0. The van der Waals surface area contributed by atoms with Gasteiger partial charge in [0.2, 0.25) is 0 Å². The number of amides is 1. The Balaban J connectivity index is 1.42. The Kier molecular flexibility index (Phi) is 5.76. The summed E-state index contributed by atoms with van der Waals surface area (Å²) in [7, 11) is 0. The Labute approximate surface area is 173 Å². The number of halogens is 1. The largest absolute Gasteiger partial charge is 0.451 e. The molecule has 0 radical (unpaired) electrons. The molecule has 0 spiro atoms. The standard InChI is InChI=1S/C22H23FN2O3S/c1-14-20(29-21(24-14)15-7-9-16(23)10-8-15)22(27)28-13-19(26)25(18-11-12-18)17-5-3-2-4-6-17/h5,7-10,18H,2-4,6,11-13H2,1H3. The Morgan fingerprint density at radius 2 is 2.00 bits per heavy atom. The van der Waals surface area contributed by atoms with Crippen molar-refractivity contribution in [3.63, 3.8) is 0 Å². The number of hydrogen-bond donors (Lipinski definition) is 0. The van der Waals surface area contributed by atoms with E-state index in [0.717, 1.165) is 49.8 Å². The van der Waals surface area contributed by atoms with Crippen LogP contribution >= 0.6 is 11.3 Å². The van der Waals surface area contributed by atoms with E-state index in [0.29, 0.717) is 15.6 Å². The minimum absolute atomic E-state index is 0.157. The highest BCUT2D eigenvalue weighted by molar-refractivity contribution is 7.17. The molecule has 1 fully saturated rings. The number of carbonyl (C=O) groups excluding carboxylic acids is 2. The molecule has 1 aromatic heterocycles. The summed E-state index contributed by atoms with van der Waals surface area (Å²) >= 11 is 1.19. The van der Waals surface area contributed by atoms with Crippen LogP contribution < -0.4 is 0 Å². The van der Waals surface area contributed by atoms with Gasteiger partial charge in [0.25, 0.3) is 5.91 Å². The van der Waals surface area contributed by atoms with E-state index in [-0.39, 0.29) is 24.4 Å². The summed E-state index contributed by atoms with van der Waals surface area (Å²) in [6, 6.07) is 6.21. The van der Waals surface area contributed by atoms with Crippen LogP contribution in [0.1, 0.15) is 53.9 Å². The van der Waals surface area contributed by atoms with E-state index in [4.69, 9.17) is 4.74 Å². The first-order valence-corrected chi connectivity index (χ1v) is 10.8. The highest BCUT2D eigenvalue weighted by Crippen LogP contribution is 2.34. The van der Waals surface area contributed by atoms with Crippen LogP contribution in [0.15, 0.2) is 36.0 Å². The Bertz CT molecular complexity index is 947. The van der Waals surface area contributed by atoms with E-state index in [1.165, 1.54) is 23.5 Å². The third-order valence-corrected chi connectivity index (χ3v) is 6.34. The molecular weight excluding hydrogens is 391 g/mol. The van der Waals surface area contributed by atoms with Crippen LogP contribution in [0, 0.1) is 12.7 Å². The molecule has 1 saturated carbocycles. The number of thiazole rings is 1. The summed E-state index contributed by atoms with van der Waals surface area (Å²) in [5.74, 6) is -1.03. The van der Waals surface area contributed by atoms with Crippen molar-refractivity contribution in [2.75, 3.05) is 6.61 Å². The Morgan fingerprint density at radius 1 is 1.24 bits per heavy atom. The first-order valence-electron chi connectivity index (χ1n) is 9.94. The molecule has 29 heavy (non-hydrogen) atoms. The highest BCUT2D eigenvalue weighted by atomic mass is 32.1. The molecule has 2 aliphatic rings. The van der Waals surface area contributed by atoms with Crippen LogP contribution in [0.25, 0.3) is 10.6 Å². The van der Waals surface area contributed by atoms with Crippen molar-refractivity contribution in [1.29, 1.82) is 0 Å². The lowest BCUT2D eigenvalue weighted by Crippen LogP contribution is -2.36. The van der Waals surface area contributed by atoms with Crippen LogP contribution in [-0.4, -0.2) is 34.4 Å². The quantitative estimate of drug-likeness (QED) is 0.633. The van der Waals surface area contributed by atoms with E-state index in [1.807, 2.05) is 4.90 Å². The topological polar surface area (TPSA) is 59.5 Å². The van der Waals surface area contributed by atoms with Gasteiger partial charge in [-0.05, 0) is 69.7 Å². The molecule has 1 aromatic carbocycles. The molecule has 152 valence electrons. The molecule has 1 amide bonds. The van der Waals surface area contributed by atoms with Crippen LogP contribution in [-0.2, 0) is 9.53 Å². The number of esters is 1. The minimum atomic E-state index is -0.546. The van der Waals surface area contributed by atoms with Gasteiger partial charge < -0.3 is 9.64 Å². The molecule has 0 bridgehead atoms. The van der Waals surface area contributed by atoms with Crippen LogP contribution in [0.3, 0.4) is 0 Å². The smallest absolute Gasteiger partial charge is 0.350 e. The van der Waals surface area contributed by atoms with E-state index < -0.39 is 5.97 Å². The van der Waals surface area contributed by atoms with Crippen LogP contribution in [0.4, 0.5) is 4.39 Å². The molecule has 0 unspecified atom stereocenters. The zero-order valence-corrected chi connectivity index (χ0v) is 17.1. The van der Waals surface area contributed by atoms with Gasteiger partial charge >= 0.3 is 5.97 Å². The molecule has 0 saturated heterocycles. The molecule has 2 aromatic rings. The van der Waals surface area contributed by atoms with Crippen molar-refractivity contribution >= 4 is 23.2 Å². The molecule has 2 aliphatic carbocycles. The maximum Gasteiger partial charge on any atom is 0.350 e. The molecular formula is C22H23FN2O3S. The molecule has 0 atom stereocenters. The lowest BCUT2D eigenvalue weighted by atomic mass is 10.0. The maximum absolute atomic E-state index is 13.1. The van der Waals surface area contributed by atoms with Crippen molar-refractivity contribution in [1.82, 2.24) is 9.88 Å². The molecule has 0 aliphatic heterocycles. The second-order valence-electron chi connectivity index (χ2n) is 7.45. The summed E-state index contributed by atoms with van der Waals surface area (Å²) < 4.78 is 18.5. The highest BCUT2D eigenvalue weighted by Gasteiger charge is 2.35. The Morgan fingerprint density at radius 3 is 2.66 bits per heavy atom. The predicted molar refractivity (Wildman–Crippen MR) is 109 cm³/mol. The second kappa shape index (κ2) is 8.45. The van der Waals surface area contributed by atoms with Gasteiger partial charge in [-0.2, -0.15) is 0 Å². The molecule has 7 heteroatoms. The monoisotopic (exact) mass is 414 g/mol. The van der Waals surface area contributed by atoms with Crippen LogP contribution in [0.5, 0.6) is 0 Å². The SMILES string of the molecule is Cc1nc(-c2ccc(F)cc2)sc1C(=O)OCC(=O)N(C1=CCCCC1)C1CC1. The molecule has 1 heterocycles. The average Bonchev–Trinajstić information content (AvgIpc) is 3.48. The Hall–Kier alpha value is -2.54. The van der Waals surface area contributed by atoms with Gasteiger partial charge in [0, 0.05) is 17.3 Å². The number of ether oxygens (including phenoxy) is 1. The minimum Gasteiger partial charge on any atom is -0.451 e. The van der Waals surface area contributed by atoms with Gasteiger partial charge in [0.1, 0.15) is 15.7 Å². The number of nitrogens with zero attached hydrogens (tertiary/aromatic N) is 2. The van der Waals surface area contributed by atoms with Gasteiger partial charge in [-0.25, -0.2) is 14.2 Å². The predicted octanol–water partition coefficient (Wildman–Crippen LogP) is 4.86. The fourth-order valence-electron chi connectivity index (χ4n) is 3.54. The fraction of sp³-hybridized carbons (Fsp3) is 0.409. The number of rotatable bonds is 6. The molecule has 0 N–H and O–H groups in total. The lowest BCUT2D eigenvalue weighted by Gasteiger charge is -2.27. The van der Waals surface area contributed by atoms with E-state index >= 15 is 0 Å². The van der Waals surface area contributed by atoms with Crippen LogP contribution in [0.2, 0.25) is 0 Å². The van der Waals surface area contributed by atoms with E-state index in [9.17, 15) is 14.0 Å². The first kappa shape index (κ1) is 19.8. The second-order valence-corrected chi connectivity index (χ2v) is 8.45. The summed E-state index contributed by atoms with van der Waals surface area (Å²) in [5, 5.41) is 0.618. The molecule has 4 rings (SSSR count). The maximum atomic E-state index is 13.1. The summed E-state index contributed by atoms with van der Waals surface area (Å²) in [6.45, 7) is 1.46. The fourth-order valence-corrected chi connectivity index (χ4v) is 4.50. The van der Waals surface area contributed by atoms with Gasteiger partial charge in [-0.15, -0.1) is 11.3 Å². The van der Waals surface area contributed by atoms with Crippen molar-refractivity contribution in [3.05, 3.63) is 52.4 Å². The average molecular weight is 415 g/mol. The zero-order chi connectivity index (χ0) is 20.4. The van der Waals surface area contributed by atoms with Gasteiger partial charge in [-0.3, -0.25) is 4.79 Å².